The minimum atomic E-state index is -0.310. The summed E-state index contributed by atoms with van der Waals surface area (Å²) in [6.45, 7) is 1.80. The van der Waals surface area contributed by atoms with Gasteiger partial charge in [-0.3, -0.25) is 14.8 Å². The minimum Gasteiger partial charge on any atom is -0.291 e. The van der Waals surface area contributed by atoms with Crippen molar-refractivity contribution in [3.63, 3.8) is 0 Å². The average Bonchev–Trinajstić information content (AvgIpc) is 2.43. The van der Waals surface area contributed by atoms with Crippen LogP contribution in [0.5, 0.6) is 0 Å². The molecular formula is C16H30O4. The second-order valence-electron chi connectivity index (χ2n) is 5.45. The molecule has 0 amide bonds. The van der Waals surface area contributed by atoms with Gasteiger partial charge in [0.1, 0.15) is 0 Å². The Morgan fingerprint density at radius 3 is 1.55 bits per heavy atom. The normalized spacial score (nSPS) is 10.7. The van der Waals surface area contributed by atoms with Crippen molar-refractivity contribution in [2.45, 2.75) is 84.0 Å². The molecule has 0 saturated heterocycles. The van der Waals surface area contributed by atoms with Gasteiger partial charge in [0.15, 0.2) is 11.6 Å². The molecule has 0 rings (SSSR count). The van der Waals surface area contributed by atoms with Crippen LogP contribution in [0.3, 0.4) is 0 Å². The molecule has 0 unspecified atom stereocenters. The Bertz CT molecular complexity index is 251. The molecule has 4 nitrogen and oxygen atoms in total. The van der Waals surface area contributed by atoms with Gasteiger partial charge in [0, 0.05) is 13.3 Å². The van der Waals surface area contributed by atoms with Crippen LogP contribution in [-0.4, -0.2) is 23.4 Å². The van der Waals surface area contributed by atoms with Crippen molar-refractivity contribution in [3.05, 3.63) is 0 Å². The maximum Gasteiger partial charge on any atom is 0.198 e. The van der Waals surface area contributed by atoms with E-state index in [0.29, 0.717) is 13.0 Å². The third-order valence-electron chi connectivity index (χ3n) is 3.53. The minimum absolute atomic E-state index is 0.225. The summed E-state index contributed by atoms with van der Waals surface area (Å²) in [7, 11) is 0. The summed E-state index contributed by atoms with van der Waals surface area (Å²) in [6, 6.07) is 0. The van der Waals surface area contributed by atoms with Gasteiger partial charge in [-0.1, -0.05) is 57.8 Å². The molecule has 0 aromatic rings. The van der Waals surface area contributed by atoms with Crippen molar-refractivity contribution in [2.75, 3.05) is 6.61 Å². The molecule has 0 aliphatic carbocycles. The number of unbranched alkanes of at least 4 members (excludes halogenated alkanes) is 10. The Balaban J connectivity index is 3.06. The molecule has 0 aliphatic heterocycles. The first-order chi connectivity index (χ1) is 9.68. The second-order valence-corrected chi connectivity index (χ2v) is 5.45. The number of hydrogen-bond donors (Lipinski definition) is 1. The van der Waals surface area contributed by atoms with E-state index in [4.69, 9.17) is 5.26 Å². The lowest BCUT2D eigenvalue weighted by Gasteiger charge is -2.02. The second kappa shape index (κ2) is 14.7. The first kappa shape index (κ1) is 19.3. The zero-order valence-electron chi connectivity index (χ0n) is 12.9. The molecule has 0 aromatic carbocycles. The number of carbonyl (C=O) groups excluding carboxylic acids is 2. The summed E-state index contributed by atoms with van der Waals surface area (Å²) >= 11 is 0. The summed E-state index contributed by atoms with van der Waals surface area (Å²) in [4.78, 5) is 25.8. The Kier molecular flexibility index (Phi) is 14.1. The topological polar surface area (TPSA) is 63.6 Å². The Morgan fingerprint density at radius 2 is 1.15 bits per heavy atom. The fourth-order valence-corrected chi connectivity index (χ4v) is 2.22. The molecular weight excluding hydrogens is 256 g/mol. The van der Waals surface area contributed by atoms with Gasteiger partial charge < -0.3 is 0 Å². The highest BCUT2D eigenvalue weighted by Crippen LogP contribution is 2.12. The first-order valence-corrected chi connectivity index (χ1v) is 7.98. The van der Waals surface area contributed by atoms with Crippen LogP contribution >= 0.6 is 0 Å². The predicted molar refractivity (Wildman–Crippen MR) is 79.7 cm³/mol. The fraction of sp³-hybridized carbons (Fsp3) is 0.875. The number of carbonyl (C=O) groups is 2. The monoisotopic (exact) mass is 286 g/mol. The summed E-state index contributed by atoms with van der Waals surface area (Å²) < 4.78 is 0. The van der Waals surface area contributed by atoms with Crippen LogP contribution in [0.2, 0.25) is 0 Å². The van der Waals surface area contributed by atoms with Gasteiger partial charge in [-0.15, -0.1) is 0 Å². The van der Waals surface area contributed by atoms with Gasteiger partial charge in [-0.25, -0.2) is 4.89 Å². The largest absolute Gasteiger partial charge is 0.291 e. The molecule has 0 bridgehead atoms. The molecule has 1 N–H and O–H groups in total. The van der Waals surface area contributed by atoms with Crippen LogP contribution in [0.25, 0.3) is 0 Å². The zero-order valence-corrected chi connectivity index (χ0v) is 12.9. The van der Waals surface area contributed by atoms with Gasteiger partial charge in [-0.05, 0) is 12.8 Å². The molecule has 0 heterocycles. The lowest BCUT2D eigenvalue weighted by molar-refractivity contribution is -0.242. The average molecular weight is 286 g/mol. The molecule has 20 heavy (non-hydrogen) atoms. The number of rotatable bonds is 15. The molecule has 0 spiro atoms. The SMILES string of the molecule is CC(=O)C(=O)CCCCCCCCCCCCCOO. The van der Waals surface area contributed by atoms with Gasteiger partial charge in [0.2, 0.25) is 0 Å². The lowest BCUT2D eigenvalue weighted by atomic mass is 10.0. The molecule has 0 aliphatic rings. The summed E-state index contributed by atoms with van der Waals surface area (Å²) in [5, 5.41) is 8.15. The highest BCUT2D eigenvalue weighted by atomic mass is 17.1. The van der Waals surface area contributed by atoms with Crippen molar-refractivity contribution in [2.24, 2.45) is 0 Å². The van der Waals surface area contributed by atoms with Crippen LogP contribution in [0, 0.1) is 0 Å². The quantitative estimate of drug-likeness (QED) is 0.211. The fourth-order valence-electron chi connectivity index (χ4n) is 2.22. The van der Waals surface area contributed by atoms with Gasteiger partial charge >= 0.3 is 0 Å². The Labute approximate surface area is 122 Å². The highest BCUT2D eigenvalue weighted by molar-refractivity contribution is 6.36. The van der Waals surface area contributed by atoms with E-state index in [1.807, 2.05) is 0 Å². The van der Waals surface area contributed by atoms with Gasteiger partial charge in [0.05, 0.1) is 6.61 Å². The maximum atomic E-state index is 11.1. The maximum absolute atomic E-state index is 11.1. The zero-order chi connectivity index (χ0) is 15.1. The van der Waals surface area contributed by atoms with Gasteiger partial charge in [-0.2, -0.15) is 0 Å². The van der Waals surface area contributed by atoms with E-state index in [0.717, 1.165) is 25.7 Å². The standard InChI is InChI=1S/C16H30O4/c1-15(17)16(18)13-11-9-7-5-3-2-4-6-8-10-12-14-20-19/h19H,2-14H2,1H3. The summed E-state index contributed by atoms with van der Waals surface area (Å²) in [5.74, 6) is -0.535. The van der Waals surface area contributed by atoms with E-state index >= 15 is 0 Å². The molecule has 0 saturated carbocycles. The van der Waals surface area contributed by atoms with E-state index in [9.17, 15) is 9.59 Å². The molecule has 0 aromatic heterocycles. The van der Waals surface area contributed by atoms with Crippen LogP contribution < -0.4 is 0 Å². The predicted octanol–water partition coefficient (Wildman–Crippen LogP) is 4.32. The van der Waals surface area contributed by atoms with Crippen LogP contribution in [0.15, 0.2) is 0 Å². The van der Waals surface area contributed by atoms with Crippen molar-refractivity contribution in [1.29, 1.82) is 0 Å². The van der Waals surface area contributed by atoms with E-state index in [1.165, 1.54) is 51.9 Å². The lowest BCUT2D eigenvalue weighted by Crippen LogP contribution is -2.08. The van der Waals surface area contributed by atoms with Crippen LogP contribution in [0.1, 0.15) is 84.0 Å². The molecule has 4 heteroatoms. The van der Waals surface area contributed by atoms with Crippen LogP contribution in [0.4, 0.5) is 0 Å². The van der Waals surface area contributed by atoms with Crippen molar-refractivity contribution >= 4 is 11.6 Å². The number of Topliss-reactive ketones (excluding diaryl/α,β-unsaturated/α-hetero) is 2. The van der Waals surface area contributed by atoms with Crippen molar-refractivity contribution < 1.29 is 19.7 Å². The Morgan fingerprint density at radius 1 is 0.750 bits per heavy atom. The number of hydrogen-bond acceptors (Lipinski definition) is 4. The van der Waals surface area contributed by atoms with E-state index in [1.54, 1.807) is 0 Å². The Hall–Kier alpha value is -0.740. The number of ketones is 2. The smallest absolute Gasteiger partial charge is 0.198 e. The third kappa shape index (κ3) is 13.7. The molecule has 118 valence electrons. The molecule has 0 atom stereocenters. The van der Waals surface area contributed by atoms with Crippen molar-refractivity contribution in [3.8, 4) is 0 Å². The summed E-state index contributed by atoms with van der Waals surface area (Å²) in [5.41, 5.74) is 0. The molecule has 0 fully saturated rings. The van der Waals surface area contributed by atoms with E-state index < -0.39 is 0 Å². The van der Waals surface area contributed by atoms with Crippen molar-refractivity contribution in [1.82, 2.24) is 0 Å². The highest BCUT2D eigenvalue weighted by Gasteiger charge is 2.06. The molecule has 0 radical (unpaired) electrons. The summed E-state index contributed by atoms with van der Waals surface area (Å²) in [6.07, 6.45) is 13.1. The van der Waals surface area contributed by atoms with Gasteiger partial charge in [0.25, 0.3) is 0 Å². The van der Waals surface area contributed by atoms with E-state index in [2.05, 4.69) is 4.89 Å². The van der Waals surface area contributed by atoms with Crippen LogP contribution in [-0.2, 0) is 14.5 Å². The third-order valence-corrected chi connectivity index (χ3v) is 3.53. The first-order valence-electron chi connectivity index (χ1n) is 7.98. The van der Waals surface area contributed by atoms with E-state index in [-0.39, 0.29) is 11.6 Å².